The number of hydrogen-bond donors (Lipinski definition) is 2. The number of nitrogens with zero attached hydrogens (tertiary/aromatic N) is 1. The van der Waals surface area contributed by atoms with E-state index in [1.807, 2.05) is 44.2 Å². The van der Waals surface area contributed by atoms with E-state index in [9.17, 15) is 14.4 Å². The third-order valence-electron chi connectivity index (χ3n) is 6.87. The summed E-state index contributed by atoms with van der Waals surface area (Å²) in [6.07, 6.45) is 2.58. The predicted molar refractivity (Wildman–Crippen MR) is 148 cm³/mol. The van der Waals surface area contributed by atoms with Crippen LogP contribution in [-0.4, -0.2) is 47.6 Å². The van der Waals surface area contributed by atoms with Crippen LogP contribution in [0.5, 0.6) is 5.75 Å². The highest BCUT2D eigenvalue weighted by Crippen LogP contribution is 2.35. The molecule has 0 aromatic heterocycles. The Labute approximate surface area is 226 Å². The number of nitrogens with one attached hydrogen (secondary N) is 2. The summed E-state index contributed by atoms with van der Waals surface area (Å²) in [6, 6.07) is 14.6. The summed E-state index contributed by atoms with van der Waals surface area (Å²) in [5.74, 6) is -0.0902. The summed E-state index contributed by atoms with van der Waals surface area (Å²) in [4.78, 5) is 42.6. The molecule has 8 heteroatoms. The molecule has 0 heterocycles. The first-order valence-corrected chi connectivity index (χ1v) is 13.4. The Morgan fingerprint density at radius 1 is 1.03 bits per heavy atom. The monoisotopic (exact) mass is 523 g/mol. The number of ether oxygens (including phenoxy) is 2. The molecule has 206 valence electrons. The third-order valence-corrected chi connectivity index (χ3v) is 6.87. The number of anilines is 1. The fourth-order valence-electron chi connectivity index (χ4n) is 4.42. The van der Waals surface area contributed by atoms with Gasteiger partial charge in [0, 0.05) is 11.7 Å². The van der Waals surface area contributed by atoms with Gasteiger partial charge in [-0.2, -0.15) is 0 Å². The molecule has 3 amide bonds. The lowest BCUT2D eigenvalue weighted by molar-refractivity contribution is -0.147. The Morgan fingerprint density at radius 3 is 2.16 bits per heavy atom. The molecule has 38 heavy (non-hydrogen) atoms. The zero-order valence-electron chi connectivity index (χ0n) is 23.3. The van der Waals surface area contributed by atoms with Gasteiger partial charge < -0.3 is 25.0 Å². The van der Waals surface area contributed by atoms with Gasteiger partial charge in [0.25, 0.3) is 5.91 Å². The number of carbonyl (C=O) groups is 3. The second kappa shape index (κ2) is 12.8. The van der Waals surface area contributed by atoms with Crippen molar-refractivity contribution in [3.8, 4) is 5.75 Å². The number of alkyl carbamates (subject to hydrolysis) is 1. The first-order valence-electron chi connectivity index (χ1n) is 13.4. The van der Waals surface area contributed by atoms with Crippen molar-refractivity contribution < 1.29 is 23.9 Å². The van der Waals surface area contributed by atoms with Crippen LogP contribution in [0.2, 0.25) is 0 Å². The average Bonchev–Trinajstić information content (AvgIpc) is 2.85. The van der Waals surface area contributed by atoms with Crippen LogP contribution >= 0.6 is 0 Å². The van der Waals surface area contributed by atoms with Gasteiger partial charge in [0.2, 0.25) is 5.91 Å². The minimum atomic E-state index is -0.872. The minimum absolute atomic E-state index is 0.110. The van der Waals surface area contributed by atoms with Gasteiger partial charge in [0.15, 0.2) is 0 Å². The highest BCUT2D eigenvalue weighted by molar-refractivity contribution is 5.99. The second-order valence-electron chi connectivity index (χ2n) is 10.9. The van der Waals surface area contributed by atoms with E-state index >= 15 is 0 Å². The third kappa shape index (κ3) is 7.49. The normalized spacial score (nSPS) is 15.8. The van der Waals surface area contributed by atoms with Crippen molar-refractivity contribution in [3.05, 3.63) is 60.2 Å². The van der Waals surface area contributed by atoms with E-state index in [4.69, 9.17) is 9.47 Å². The quantitative estimate of drug-likeness (QED) is 0.417. The van der Waals surface area contributed by atoms with E-state index in [2.05, 4.69) is 10.6 Å². The van der Waals surface area contributed by atoms with E-state index in [1.165, 1.54) is 0 Å². The molecule has 1 saturated carbocycles. The lowest BCUT2D eigenvalue weighted by atomic mass is 9.86. The van der Waals surface area contributed by atoms with Crippen molar-refractivity contribution in [1.82, 2.24) is 10.2 Å². The number of hydrogen-bond acceptors (Lipinski definition) is 5. The molecule has 0 radical (unpaired) electrons. The van der Waals surface area contributed by atoms with Gasteiger partial charge in [-0.1, -0.05) is 50.6 Å². The molecule has 2 aromatic rings. The van der Waals surface area contributed by atoms with E-state index in [0.29, 0.717) is 23.4 Å². The van der Waals surface area contributed by atoms with Crippen molar-refractivity contribution >= 4 is 23.6 Å². The molecule has 3 unspecified atom stereocenters. The molecule has 0 aliphatic heterocycles. The van der Waals surface area contributed by atoms with Crippen LogP contribution in [0, 0.1) is 5.92 Å². The van der Waals surface area contributed by atoms with Gasteiger partial charge >= 0.3 is 6.09 Å². The van der Waals surface area contributed by atoms with E-state index in [-0.39, 0.29) is 23.8 Å². The van der Waals surface area contributed by atoms with Crippen molar-refractivity contribution in [2.45, 2.75) is 84.0 Å². The van der Waals surface area contributed by atoms with Gasteiger partial charge in [-0.25, -0.2) is 4.79 Å². The van der Waals surface area contributed by atoms with E-state index < -0.39 is 23.8 Å². The molecule has 1 aliphatic carbocycles. The summed E-state index contributed by atoms with van der Waals surface area (Å²) < 4.78 is 10.7. The summed E-state index contributed by atoms with van der Waals surface area (Å²) in [5, 5.41) is 5.80. The molecule has 2 aromatic carbocycles. The molecule has 2 N–H and O–H groups in total. The molecule has 3 rings (SSSR count). The van der Waals surface area contributed by atoms with Gasteiger partial charge in [-0.3, -0.25) is 9.59 Å². The Hall–Kier alpha value is -3.55. The molecular weight excluding hydrogens is 482 g/mol. The van der Waals surface area contributed by atoms with Crippen LogP contribution in [0.1, 0.15) is 71.9 Å². The van der Waals surface area contributed by atoms with Crippen LogP contribution in [0.4, 0.5) is 10.5 Å². The Balaban J connectivity index is 1.98. The molecule has 1 aliphatic rings. The van der Waals surface area contributed by atoms with Crippen LogP contribution < -0.4 is 15.4 Å². The highest BCUT2D eigenvalue weighted by Gasteiger charge is 2.43. The van der Waals surface area contributed by atoms with E-state index in [1.54, 1.807) is 57.0 Å². The first-order chi connectivity index (χ1) is 18.0. The average molecular weight is 524 g/mol. The fourth-order valence-corrected chi connectivity index (χ4v) is 4.42. The number of amides is 3. The SMILES string of the molecule is CCC(C)C(NC(=O)OC(C)(C)C)C(=O)N(C1CCC1)C(C(=O)Nc1ccc(OC)cc1)c1ccccc1. The number of benzene rings is 2. The molecular formula is C30H41N3O5. The number of rotatable bonds is 10. The molecule has 0 saturated heterocycles. The number of carbonyl (C=O) groups excluding carboxylic acids is 3. The zero-order chi connectivity index (χ0) is 27.9. The standard InChI is InChI=1S/C30H41N3O5/c1-7-20(2)25(32-29(36)38-30(3,4)5)28(35)33(23-14-11-15-23)26(21-12-9-8-10-13-21)27(34)31-22-16-18-24(37-6)19-17-22/h8-10,12-13,16-20,23,25-26H,7,11,14-15H2,1-6H3,(H,31,34)(H,32,36). The van der Waals surface area contributed by atoms with Gasteiger partial charge in [0.05, 0.1) is 7.11 Å². The lowest BCUT2D eigenvalue weighted by Gasteiger charge is -2.44. The fraction of sp³-hybridized carbons (Fsp3) is 0.500. The van der Waals surface area contributed by atoms with Crippen molar-refractivity contribution in [3.63, 3.8) is 0 Å². The zero-order valence-corrected chi connectivity index (χ0v) is 23.3. The molecule has 1 fully saturated rings. The maximum atomic E-state index is 14.3. The Bertz CT molecular complexity index is 1080. The van der Waals surface area contributed by atoms with Gasteiger partial charge in [-0.05, 0) is 75.8 Å². The largest absolute Gasteiger partial charge is 0.497 e. The highest BCUT2D eigenvalue weighted by atomic mass is 16.6. The maximum absolute atomic E-state index is 14.3. The number of methoxy groups -OCH3 is 1. The first kappa shape index (κ1) is 29.0. The van der Waals surface area contributed by atoms with Crippen LogP contribution in [-0.2, 0) is 14.3 Å². The molecule has 3 atom stereocenters. The predicted octanol–water partition coefficient (Wildman–Crippen LogP) is 5.70. The Kier molecular flexibility index (Phi) is 9.78. The maximum Gasteiger partial charge on any atom is 0.408 e. The van der Waals surface area contributed by atoms with Crippen LogP contribution in [0.25, 0.3) is 0 Å². The summed E-state index contributed by atoms with van der Waals surface area (Å²) >= 11 is 0. The van der Waals surface area contributed by atoms with E-state index in [0.717, 1.165) is 19.3 Å². The smallest absolute Gasteiger partial charge is 0.408 e. The van der Waals surface area contributed by atoms with Crippen LogP contribution in [0.15, 0.2) is 54.6 Å². The topological polar surface area (TPSA) is 97.0 Å². The van der Waals surface area contributed by atoms with Crippen LogP contribution in [0.3, 0.4) is 0 Å². The second-order valence-corrected chi connectivity index (χ2v) is 10.9. The van der Waals surface area contributed by atoms with Crippen molar-refractivity contribution in [1.29, 1.82) is 0 Å². The van der Waals surface area contributed by atoms with Gasteiger partial charge in [-0.15, -0.1) is 0 Å². The molecule has 8 nitrogen and oxygen atoms in total. The minimum Gasteiger partial charge on any atom is -0.497 e. The lowest BCUT2D eigenvalue weighted by Crippen LogP contribution is -2.58. The van der Waals surface area contributed by atoms with Crippen molar-refractivity contribution in [2.24, 2.45) is 5.92 Å². The summed E-state index contributed by atoms with van der Waals surface area (Å²) in [5.41, 5.74) is 0.605. The van der Waals surface area contributed by atoms with Crippen molar-refractivity contribution in [2.75, 3.05) is 12.4 Å². The summed E-state index contributed by atoms with van der Waals surface area (Å²) in [7, 11) is 1.58. The Morgan fingerprint density at radius 2 is 1.66 bits per heavy atom. The molecule has 0 bridgehead atoms. The molecule has 0 spiro atoms. The summed E-state index contributed by atoms with van der Waals surface area (Å²) in [6.45, 7) is 9.24. The van der Waals surface area contributed by atoms with Gasteiger partial charge in [0.1, 0.15) is 23.4 Å².